The van der Waals surface area contributed by atoms with Crippen molar-refractivity contribution in [3.63, 3.8) is 0 Å². The molecule has 2 N–H and O–H groups in total. The van der Waals surface area contributed by atoms with Crippen molar-refractivity contribution >= 4 is 5.91 Å². The minimum absolute atomic E-state index is 0.141. The van der Waals surface area contributed by atoms with Gasteiger partial charge in [-0.15, -0.1) is 0 Å². The van der Waals surface area contributed by atoms with Crippen molar-refractivity contribution in [1.29, 1.82) is 0 Å². The Balaban J connectivity index is 1.85. The van der Waals surface area contributed by atoms with Crippen LogP contribution in [-0.4, -0.2) is 90.0 Å². The van der Waals surface area contributed by atoms with Gasteiger partial charge >= 0.3 is 0 Å². The van der Waals surface area contributed by atoms with E-state index in [1.807, 2.05) is 30.3 Å². The molecule has 1 aliphatic rings. The molecule has 1 saturated heterocycles. The van der Waals surface area contributed by atoms with Crippen molar-refractivity contribution in [3.8, 4) is 0 Å². The van der Waals surface area contributed by atoms with Gasteiger partial charge in [0.25, 0.3) is 0 Å². The number of amides is 1. The molecule has 1 fully saturated rings. The summed E-state index contributed by atoms with van der Waals surface area (Å²) in [5.41, 5.74) is 6.97. The van der Waals surface area contributed by atoms with Gasteiger partial charge in [-0.1, -0.05) is 30.3 Å². The molecule has 1 aliphatic heterocycles. The zero-order valence-corrected chi connectivity index (χ0v) is 16.4. The van der Waals surface area contributed by atoms with Gasteiger partial charge in [0.15, 0.2) is 0 Å². The number of rotatable bonds is 2. The number of ether oxygens (including phenoxy) is 5. The molecule has 28 heavy (non-hydrogen) atoms. The summed E-state index contributed by atoms with van der Waals surface area (Å²) in [7, 11) is 0. The summed E-state index contributed by atoms with van der Waals surface area (Å²) in [6, 6.07) is 8.66. The average molecular weight is 396 g/mol. The normalized spacial score (nSPS) is 20.7. The molecule has 1 aromatic carbocycles. The third kappa shape index (κ3) is 9.09. The van der Waals surface area contributed by atoms with Crippen molar-refractivity contribution in [2.45, 2.75) is 6.04 Å². The number of carbonyl (C=O) groups excluding carboxylic acids is 1. The van der Waals surface area contributed by atoms with E-state index in [0.717, 1.165) is 5.56 Å². The predicted octanol–water partition coefficient (Wildman–Crippen LogP) is 0.612. The van der Waals surface area contributed by atoms with Crippen LogP contribution in [0.1, 0.15) is 11.6 Å². The van der Waals surface area contributed by atoms with Crippen molar-refractivity contribution in [3.05, 3.63) is 35.9 Å². The molecule has 1 atom stereocenters. The van der Waals surface area contributed by atoms with Gasteiger partial charge in [-0.3, -0.25) is 4.79 Å². The first-order chi connectivity index (χ1) is 13.8. The molecule has 0 aromatic heterocycles. The summed E-state index contributed by atoms with van der Waals surface area (Å²) in [6.07, 6.45) is 0. The highest BCUT2D eigenvalue weighted by Crippen LogP contribution is 2.12. The molecule has 158 valence electrons. The van der Waals surface area contributed by atoms with Crippen molar-refractivity contribution in [2.24, 2.45) is 5.73 Å². The fourth-order valence-electron chi connectivity index (χ4n) is 2.66. The van der Waals surface area contributed by atoms with Gasteiger partial charge in [0.2, 0.25) is 5.91 Å². The molecule has 1 aromatic rings. The molecule has 0 aliphatic carbocycles. The molecule has 1 heterocycles. The minimum Gasteiger partial charge on any atom is -0.377 e. The summed E-state index contributed by atoms with van der Waals surface area (Å²) in [4.78, 5) is 14.5. The van der Waals surface area contributed by atoms with E-state index in [0.29, 0.717) is 79.2 Å². The largest absolute Gasteiger partial charge is 0.377 e. The van der Waals surface area contributed by atoms with Crippen LogP contribution in [0, 0.1) is 0 Å². The Morgan fingerprint density at radius 2 is 1.11 bits per heavy atom. The lowest BCUT2D eigenvalue weighted by molar-refractivity contribution is -0.134. The standard InChI is InChI=1S/C20H32N2O6/c21-19(18-4-2-1-3-5-18)20(23)22-6-8-24-10-12-26-14-16-28-17-15-27-13-11-25-9-7-22/h1-5,19H,6-17,21H2/t19-/m1/s1. The van der Waals surface area contributed by atoms with Gasteiger partial charge in [-0.05, 0) is 5.56 Å². The smallest absolute Gasteiger partial charge is 0.244 e. The van der Waals surface area contributed by atoms with E-state index in [2.05, 4.69) is 0 Å². The Kier molecular flexibility index (Phi) is 11.7. The second-order valence-electron chi connectivity index (χ2n) is 6.28. The molecule has 8 nitrogen and oxygen atoms in total. The van der Waals surface area contributed by atoms with E-state index in [1.54, 1.807) is 4.90 Å². The van der Waals surface area contributed by atoms with Crippen molar-refractivity contribution in [1.82, 2.24) is 4.90 Å². The van der Waals surface area contributed by atoms with Crippen LogP contribution in [-0.2, 0) is 28.5 Å². The third-order valence-corrected chi connectivity index (χ3v) is 4.24. The van der Waals surface area contributed by atoms with E-state index in [9.17, 15) is 4.79 Å². The quantitative estimate of drug-likeness (QED) is 0.783. The Morgan fingerprint density at radius 1 is 0.714 bits per heavy atom. The van der Waals surface area contributed by atoms with Gasteiger partial charge in [-0.2, -0.15) is 0 Å². The maximum atomic E-state index is 12.8. The van der Waals surface area contributed by atoms with Crippen LogP contribution in [0.4, 0.5) is 0 Å². The van der Waals surface area contributed by atoms with E-state index in [-0.39, 0.29) is 5.91 Å². The van der Waals surface area contributed by atoms with E-state index < -0.39 is 6.04 Å². The Labute approximate surface area is 166 Å². The van der Waals surface area contributed by atoms with Gasteiger partial charge in [0.1, 0.15) is 6.04 Å². The van der Waals surface area contributed by atoms with Crippen LogP contribution in [0.15, 0.2) is 30.3 Å². The van der Waals surface area contributed by atoms with E-state index in [1.165, 1.54) is 0 Å². The summed E-state index contributed by atoms with van der Waals surface area (Å²) in [5.74, 6) is -0.141. The molecular weight excluding hydrogens is 364 g/mol. The highest BCUT2D eigenvalue weighted by molar-refractivity contribution is 5.83. The topological polar surface area (TPSA) is 92.5 Å². The molecule has 0 radical (unpaired) electrons. The molecule has 0 spiro atoms. The number of hydrogen-bond donors (Lipinski definition) is 1. The number of hydrogen-bond acceptors (Lipinski definition) is 7. The van der Waals surface area contributed by atoms with Crippen LogP contribution in [0.25, 0.3) is 0 Å². The molecule has 8 heteroatoms. The van der Waals surface area contributed by atoms with Gasteiger partial charge in [0, 0.05) is 13.1 Å². The first-order valence-electron chi connectivity index (χ1n) is 9.77. The Hall–Kier alpha value is -1.55. The van der Waals surface area contributed by atoms with Crippen LogP contribution in [0.2, 0.25) is 0 Å². The second-order valence-corrected chi connectivity index (χ2v) is 6.28. The Bertz CT molecular complexity index is 513. The van der Waals surface area contributed by atoms with E-state index in [4.69, 9.17) is 29.4 Å². The summed E-state index contributed by atoms with van der Waals surface area (Å²) >= 11 is 0. The van der Waals surface area contributed by atoms with E-state index >= 15 is 0 Å². The maximum absolute atomic E-state index is 12.8. The number of carbonyl (C=O) groups is 1. The fourth-order valence-corrected chi connectivity index (χ4v) is 2.66. The third-order valence-electron chi connectivity index (χ3n) is 4.24. The van der Waals surface area contributed by atoms with Crippen molar-refractivity contribution < 1.29 is 28.5 Å². The second kappa shape index (κ2) is 14.4. The monoisotopic (exact) mass is 396 g/mol. The molecule has 0 unspecified atom stereocenters. The predicted molar refractivity (Wildman–Crippen MR) is 104 cm³/mol. The number of nitrogens with two attached hydrogens (primary N) is 1. The lowest BCUT2D eigenvalue weighted by Gasteiger charge is -2.26. The minimum atomic E-state index is -0.703. The zero-order chi connectivity index (χ0) is 19.9. The first-order valence-corrected chi connectivity index (χ1v) is 9.77. The highest BCUT2D eigenvalue weighted by Gasteiger charge is 2.22. The number of benzene rings is 1. The van der Waals surface area contributed by atoms with Gasteiger partial charge in [-0.25, -0.2) is 0 Å². The van der Waals surface area contributed by atoms with Crippen LogP contribution < -0.4 is 5.73 Å². The van der Waals surface area contributed by atoms with Crippen molar-refractivity contribution in [2.75, 3.05) is 79.2 Å². The fraction of sp³-hybridized carbons (Fsp3) is 0.650. The molecule has 0 bridgehead atoms. The highest BCUT2D eigenvalue weighted by atomic mass is 16.6. The summed E-state index contributed by atoms with van der Waals surface area (Å²) in [5, 5.41) is 0. The lowest BCUT2D eigenvalue weighted by Crippen LogP contribution is -2.42. The molecule has 1 amide bonds. The van der Waals surface area contributed by atoms with Gasteiger partial charge in [0.05, 0.1) is 66.1 Å². The van der Waals surface area contributed by atoms with Crippen LogP contribution >= 0.6 is 0 Å². The molecular formula is C20H32N2O6. The summed E-state index contributed by atoms with van der Waals surface area (Å²) < 4.78 is 27.4. The molecule has 0 saturated carbocycles. The molecule has 2 rings (SSSR count). The van der Waals surface area contributed by atoms with Gasteiger partial charge < -0.3 is 34.3 Å². The Morgan fingerprint density at radius 3 is 1.54 bits per heavy atom. The zero-order valence-electron chi connectivity index (χ0n) is 16.4. The average Bonchev–Trinajstić information content (AvgIpc) is 2.73. The lowest BCUT2D eigenvalue weighted by atomic mass is 10.1. The summed E-state index contributed by atoms with van der Waals surface area (Å²) in [6.45, 7) is 5.71. The number of nitrogens with zero attached hydrogens (tertiary/aromatic N) is 1. The van der Waals surface area contributed by atoms with Crippen LogP contribution in [0.3, 0.4) is 0 Å². The SMILES string of the molecule is N[C@@H](C(=O)N1CCOCCOCCOCCOCCOCC1)c1ccccc1. The first kappa shape index (κ1) is 22.7. The maximum Gasteiger partial charge on any atom is 0.244 e. The van der Waals surface area contributed by atoms with Crippen LogP contribution in [0.5, 0.6) is 0 Å².